The summed E-state index contributed by atoms with van der Waals surface area (Å²) in [7, 11) is 0. The van der Waals surface area contributed by atoms with Gasteiger partial charge in [0.1, 0.15) is 5.76 Å². The lowest BCUT2D eigenvalue weighted by molar-refractivity contribution is -0.135. The summed E-state index contributed by atoms with van der Waals surface area (Å²) in [6.45, 7) is 5.18. The largest absolute Gasteiger partial charge is 0.512 e. The van der Waals surface area contributed by atoms with Crippen LogP contribution in [0.4, 0.5) is 0 Å². The van der Waals surface area contributed by atoms with Gasteiger partial charge in [0.15, 0.2) is 5.76 Å². The van der Waals surface area contributed by atoms with Crippen LogP contribution in [-0.2, 0) is 9.59 Å². The van der Waals surface area contributed by atoms with Crippen LogP contribution in [-0.4, -0.2) is 32.4 Å². The molecule has 0 aromatic carbocycles. The molecule has 0 saturated carbocycles. The van der Waals surface area contributed by atoms with Crippen LogP contribution in [0.3, 0.4) is 0 Å². The van der Waals surface area contributed by atoms with Crippen LogP contribution in [0.5, 0.6) is 0 Å². The van der Waals surface area contributed by atoms with Crippen LogP contribution >= 0.6 is 0 Å². The summed E-state index contributed by atoms with van der Waals surface area (Å²) in [5.74, 6) is -2.89. The molecule has 0 aromatic rings. The highest BCUT2D eigenvalue weighted by Crippen LogP contribution is 2.06. The third-order valence-electron chi connectivity index (χ3n) is 2.09. The van der Waals surface area contributed by atoms with Gasteiger partial charge < -0.3 is 20.4 Å². The van der Waals surface area contributed by atoms with E-state index in [1.165, 1.54) is 13.0 Å². The Morgan fingerprint density at radius 1 is 0.947 bits per heavy atom. The molecule has 0 saturated heterocycles. The van der Waals surface area contributed by atoms with E-state index in [0.717, 1.165) is 12.8 Å². The van der Waals surface area contributed by atoms with Gasteiger partial charge in [-0.1, -0.05) is 20.3 Å². The topological polar surface area (TPSA) is 115 Å². The number of hydrogen-bond acceptors (Lipinski definition) is 4. The quantitative estimate of drug-likeness (QED) is 0.437. The fraction of sp³-hybridized carbons (Fsp3) is 0.538. The van der Waals surface area contributed by atoms with Gasteiger partial charge in [-0.05, 0) is 25.8 Å². The molecule has 0 bridgehead atoms. The van der Waals surface area contributed by atoms with E-state index >= 15 is 0 Å². The predicted molar refractivity (Wildman–Crippen MR) is 71.1 cm³/mol. The molecule has 0 unspecified atom stereocenters. The van der Waals surface area contributed by atoms with Crippen molar-refractivity contribution in [1.82, 2.24) is 0 Å². The first-order valence-corrected chi connectivity index (χ1v) is 6.02. The molecule has 4 N–H and O–H groups in total. The van der Waals surface area contributed by atoms with Crippen LogP contribution in [0.25, 0.3) is 0 Å². The third kappa shape index (κ3) is 10.9. The molecule has 0 radical (unpaired) electrons. The molecule has 0 fully saturated rings. The number of aliphatic hydroxyl groups is 2. The Kier molecular flexibility index (Phi) is 11.3. The number of allylic oxidation sites excluding steroid dienone is 2. The highest BCUT2D eigenvalue weighted by Gasteiger charge is 2.05. The minimum Gasteiger partial charge on any atom is -0.512 e. The number of aliphatic carboxylic acids is 2. The monoisotopic (exact) mass is 274 g/mol. The number of hydrogen-bond donors (Lipinski definition) is 4. The molecular formula is C13H22O6. The van der Waals surface area contributed by atoms with E-state index in [9.17, 15) is 9.59 Å². The molecule has 110 valence electrons. The normalized spacial score (nSPS) is 12.1. The molecule has 19 heavy (non-hydrogen) atoms. The summed E-state index contributed by atoms with van der Waals surface area (Å²) in [5.41, 5.74) is 0.0434. The van der Waals surface area contributed by atoms with Crippen LogP contribution < -0.4 is 0 Å². The molecular weight excluding hydrogens is 252 g/mol. The van der Waals surface area contributed by atoms with Gasteiger partial charge in [0, 0.05) is 6.42 Å². The predicted octanol–water partition coefficient (Wildman–Crippen LogP) is 3.02. The van der Waals surface area contributed by atoms with E-state index < -0.39 is 17.7 Å². The second-order valence-electron chi connectivity index (χ2n) is 3.81. The molecule has 0 amide bonds. The van der Waals surface area contributed by atoms with Gasteiger partial charge in [0.25, 0.3) is 0 Å². The number of unbranched alkanes of at least 4 members (excludes halogenated alkanes) is 1. The summed E-state index contributed by atoms with van der Waals surface area (Å²) < 4.78 is 0. The Bertz CT molecular complexity index is 354. The van der Waals surface area contributed by atoms with Crippen molar-refractivity contribution >= 4 is 11.9 Å². The van der Waals surface area contributed by atoms with Crippen LogP contribution in [0.1, 0.15) is 46.5 Å². The highest BCUT2D eigenvalue weighted by atomic mass is 16.4. The highest BCUT2D eigenvalue weighted by molar-refractivity contribution is 5.86. The average molecular weight is 274 g/mol. The van der Waals surface area contributed by atoms with Gasteiger partial charge in [0.2, 0.25) is 0 Å². The zero-order valence-electron chi connectivity index (χ0n) is 11.5. The van der Waals surface area contributed by atoms with E-state index in [0.29, 0.717) is 12.8 Å². The number of carboxylic acids is 2. The summed E-state index contributed by atoms with van der Waals surface area (Å²) in [6, 6.07) is 0. The van der Waals surface area contributed by atoms with Gasteiger partial charge in [-0.15, -0.1) is 0 Å². The number of carboxylic acid groups (broad SMARTS) is 2. The SMILES string of the molecule is CCC/C(O)=C(/C)C(=O)O.CCC/C=C(\O)C(=O)O. The molecule has 0 rings (SSSR count). The lowest BCUT2D eigenvalue weighted by Gasteiger charge is -1.98. The van der Waals surface area contributed by atoms with Gasteiger partial charge in [-0.25, -0.2) is 9.59 Å². The van der Waals surface area contributed by atoms with E-state index in [1.807, 2.05) is 13.8 Å². The van der Waals surface area contributed by atoms with Gasteiger partial charge in [-0.2, -0.15) is 0 Å². The van der Waals surface area contributed by atoms with Crippen molar-refractivity contribution in [3.05, 3.63) is 23.2 Å². The Hall–Kier alpha value is -1.98. The summed E-state index contributed by atoms with van der Waals surface area (Å²) >= 11 is 0. The lowest BCUT2D eigenvalue weighted by atomic mass is 10.2. The Morgan fingerprint density at radius 2 is 1.47 bits per heavy atom. The number of rotatable bonds is 6. The van der Waals surface area contributed by atoms with Crippen molar-refractivity contribution in [1.29, 1.82) is 0 Å². The third-order valence-corrected chi connectivity index (χ3v) is 2.09. The fourth-order valence-electron chi connectivity index (χ4n) is 0.916. The van der Waals surface area contributed by atoms with Crippen molar-refractivity contribution in [3.63, 3.8) is 0 Å². The van der Waals surface area contributed by atoms with Gasteiger partial charge in [0.05, 0.1) is 5.57 Å². The minimum absolute atomic E-state index is 0.0185. The molecule has 6 heteroatoms. The minimum atomic E-state index is -1.26. The van der Waals surface area contributed by atoms with Gasteiger partial charge >= 0.3 is 11.9 Å². The van der Waals surface area contributed by atoms with Crippen LogP contribution in [0.2, 0.25) is 0 Å². The average Bonchev–Trinajstić information content (AvgIpc) is 2.35. The first-order chi connectivity index (χ1) is 8.77. The Labute approximate surface area is 112 Å². The van der Waals surface area contributed by atoms with Crippen molar-refractivity contribution in [2.45, 2.75) is 46.5 Å². The molecule has 6 nitrogen and oxygen atoms in total. The van der Waals surface area contributed by atoms with Crippen molar-refractivity contribution in [3.8, 4) is 0 Å². The maximum atomic E-state index is 10.2. The number of carbonyl (C=O) groups is 2. The van der Waals surface area contributed by atoms with E-state index in [2.05, 4.69) is 0 Å². The maximum absolute atomic E-state index is 10.2. The molecule has 0 heterocycles. The Morgan fingerprint density at radius 3 is 1.79 bits per heavy atom. The smallest absolute Gasteiger partial charge is 0.370 e. The van der Waals surface area contributed by atoms with E-state index in [4.69, 9.17) is 20.4 Å². The Balaban J connectivity index is 0. The first-order valence-electron chi connectivity index (χ1n) is 6.02. The zero-order chi connectivity index (χ0) is 15.4. The first kappa shape index (κ1) is 19.4. The number of aliphatic hydroxyl groups excluding tert-OH is 2. The van der Waals surface area contributed by atoms with E-state index in [-0.39, 0.29) is 11.3 Å². The standard InChI is InChI=1S/C7H12O3.C6H10O3/c1-3-4-6(8)5(2)7(9)10;1-2-3-4-5(7)6(8)9/h8H,3-4H2,1-2H3,(H,9,10);4,7H,2-3H2,1H3,(H,8,9)/b6-5+;5-4-. The second kappa shape index (κ2) is 11.1. The molecule has 0 aromatic heterocycles. The second-order valence-corrected chi connectivity index (χ2v) is 3.81. The maximum Gasteiger partial charge on any atom is 0.370 e. The molecule has 0 aliphatic carbocycles. The van der Waals surface area contributed by atoms with Crippen molar-refractivity contribution < 1.29 is 30.0 Å². The summed E-state index contributed by atoms with van der Waals surface area (Å²) in [6.07, 6.45) is 3.95. The van der Waals surface area contributed by atoms with Crippen LogP contribution in [0.15, 0.2) is 23.2 Å². The van der Waals surface area contributed by atoms with E-state index in [1.54, 1.807) is 0 Å². The lowest BCUT2D eigenvalue weighted by Crippen LogP contribution is -2.00. The zero-order valence-corrected chi connectivity index (χ0v) is 11.5. The van der Waals surface area contributed by atoms with Crippen LogP contribution in [0, 0.1) is 0 Å². The van der Waals surface area contributed by atoms with Crippen molar-refractivity contribution in [2.24, 2.45) is 0 Å². The molecule has 0 aliphatic rings. The fourth-order valence-corrected chi connectivity index (χ4v) is 0.916. The molecule has 0 aliphatic heterocycles. The summed E-state index contributed by atoms with van der Waals surface area (Å²) in [5, 5.41) is 34.0. The molecule has 0 atom stereocenters. The van der Waals surface area contributed by atoms with Gasteiger partial charge in [-0.3, -0.25) is 0 Å². The van der Waals surface area contributed by atoms with Crippen molar-refractivity contribution in [2.75, 3.05) is 0 Å². The summed E-state index contributed by atoms with van der Waals surface area (Å²) in [4.78, 5) is 20.1. The molecule has 0 spiro atoms.